The maximum atomic E-state index is 12.7. The molecule has 0 bridgehead atoms. The van der Waals surface area contributed by atoms with Gasteiger partial charge in [-0.05, 0) is 34.7 Å². The van der Waals surface area contributed by atoms with Crippen LogP contribution in [0.1, 0.15) is 24.6 Å². The molecule has 3 heterocycles. The van der Waals surface area contributed by atoms with Gasteiger partial charge in [0, 0.05) is 17.5 Å². The van der Waals surface area contributed by atoms with E-state index in [2.05, 4.69) is 15.5 Å². The molecule has 1 fully saturated rings. The summed E-state index contributed by atoms with van der Waals surface area (Å²) in [6.07, 6.45) is 1.32. The van der Waals surface area contributed by atoms with E-state index in [0.717, 1.165) is 11.3 Å². The number of thioether (sulfide) groups is 1. The Hall–Kier alpha value is -1.46. The molecular formula is C15H21N5O3S3. The van der Waals surface area contributed by atoms with Crippen LogP contribution in [-0.4, -0.2) is 69.3 Å². The molecule has 0 spiro atoms. The Bertz CT molecular complexity index is 835. The minimum Gasteiger partial charge on any atom is -0.338 e. The van der Waals surface area contributed by atoms with Crippen LogP contribution in [-0.2, 0) is 21.2 Å². The van der Waals surface area contributed by atoms with Crippen molar-refractivity contribution in [3.63, 3.8) is 0 Å². The van der Waals surface area contributed by atoms with Gasteiger partial charge in [-0.15, -0.1) is 16.4 Å². The number of rotatable bonds is 8. The molecule has 142 valence electrons. The van der Waals surface area contributed by atoms with Gasteiger partial charge in [-0.1, -0.05) is 24.8 Å². The van der Waals surface area contributed by atoms with Crippen molar-refractivity contribution in [2.45, 2.75) is 37.5 Å². The van der Waals surface area contributed by atoms with Crippen LogP contribution in [0, 0.1) is 0 Å². The van der Waals surface area contributed by atoms with Crippen LogP contribution in [0.5, 0.6) is 0 Å². The summed E-state index contributed by atoms with van der Waals surface area (Å²) in [7, 11) is -3.02. The molecular weight excluding hydrogens is 394 g/mol. The fourth-order valence-corrected chi connectivity index (χ4v) is 6.11. The van der Waals surface area contributed by atoms with Gasteiger partial charge in [0.15, 0.2) is 9.84 Å². The smallest absolute Gasteiger partial charge is 0.233 e. The van der Waals surface area contributed by atoms with E-state index in [1.54, 1.807) is 20.9 Å². The Labute approximate surface area is 160 Å². The fourth-order valence-electron chi connectivity index (χ4n) is 2.93. The lowest BCUT2D eigenvalue weighted by atomic mass is 10.2. The summed E-state index contributed by atoms with van der Waals surface area (Å²) in [6, 6.07) is 3.77. The SMILES string of the molecule is CCCN(C(=O)CSc1nnnn1Cc1cccs1)C1CCS(=O)(=O)C1. The predicted molar refractivity (Wildman–Crippen MR) is 101 cm³/mol. The van der Waals surface area contributed by atoms with Crippen molar-refractivity contribution in [1.82, 2.24) is 25.1 Å². The Morgan fingerprint density at radius 1 is 1.50 bits per heavy atom. The van der Waals surface area contributed by atoms with Crippen molar-refractivity contribution in [1.29, 1.82) is 0 Å². The van der Waals surface area contributed by atoms with E-state index in [9.17, 15) is 13.2 Å². The number of tetrazole rings is 1. The number of amides is 1. The molecule has 1 aliphatic rings. The lowest BCUT2D eigenvalue weighted by Gasteiger charge is -2.27. The zero-order valence-corrected chi connectivity index (χ0v) is 16.9. The number of hydrogen-bond acceptors (Lipinski definition) is 8. The van der Waals surface area contributed by atoms with Crippen LogP contribution >= 0.6 is 23.1 Å². The molecule has 1 unspecified atom stereocenters. The molecule has 1 aliphatic heterocycles. The average molecular weight is 416 g/mol. The van der Waals surface area contributed by atoms with Gasteiger partial charge in [0.1, 0.15) is 0 Å². The van der Waals surface area contributed by atoms with Crippen molar-refractivity contribution in [2.75, 3.05) is 23.8 Å². The van der Waals surface area contributed by atoms with E-state index in [1.165, 1.54) is 11.8 Å². The number of carbonyl (C=O) groups is 1. The average Bonchev–Trinajstić information content (AvgIpc) is 3.33. The molecule has 26 heavy (non-hydrogen) atoms. The minimum absolute atomic E-state index is 0.0652. The maximum absolute atomic E-state index is 12.7. The van der Waals surface area contributed by atoms with Gasteiger partial charge in [0.25, 0.3) is 0 Å². The zero-order chi connectivity index (χ0) is 18.6. The Morgan fingerprint density at radius 2 is 2.35 bits per heavy atom. The number of thiophene rings is 1. The van der Waals surface area contributed by atoms with E-state index in [4.69, 9.17) is 0 Å². The third-order valence-electron chi connectivity index (χ3n) is 4.14. The van der Waals surface area contributed by atoms with E-state index >= 15 is 0 Å². The molecule has 0 aromatic carbocycles. The van der Waals surface area contributed by atoms with Gasteiger partial charge in [0.05, 0.1) is 23.8 Å². The number of aromatic nitrogens is 4. The van der Waals surface area contributed by atoms with Gasteiger partial charge in [-0.3, -0.25) is 4.79 Å². The molecule has 2 aromatic rings. The van der Waals surface area contributed by atoms with Crippen molar-refractivity contribution in [2.24, 2.45) is 0 Å². The van der Waals surface area contributed by atoms with E-state index in [0.29, 0.717) is 24.7 Å². The molecule has 8 nitrogen and oxygen atoms in total. The highest BCUT2D eigenvalue weighted by atomic mass is 32.2. The second-order valence-electron chi connectivity index (χ2n) is 6.13. The predicted octanol–water partition coefficient (Wildman–Crippen LogP) is 1.30. The molecule has 1 saturated heterocycles. The Morgan fingerprint density at radius 3 is 3.00 bits per heavy atom. The largest absolute Gasteiger partial charge is 0.338 e. The summed E-state index contributed by atoms with van der Waals surface area (Å²) in [5, 5.41) is 14.3. The van der Waals surface area contributed by atoms with E-state index < -0.39 is 9.84 Å². The van der Waals surface area contributed by atoms with Gasteiger partial charge >= 0.3 is 0 Å². The topological polar surface area (TPSA) is 98.1 Å². The first-order valence-electron chi connectivity index (χ1n) is 8.39. The van der Waals surface area contributed by atoms with Crippen molar-refractivity contribution < 1.29 is 13.2 Å². The second kappa shape index (κ2) is 8.49. The summed E-state index contributed by atoms with van der Waals surface area (Å²) in [5.41, 5.74) is 0. The summed E-state index contributed by atoms with van der Waals surface area (Å²) in [5.74, 6) is 0.364. The highest BCUT2D eigenvalue weighted by Gasteiger charge is 2.34. The molecule has 0 saturated carbocycles. The molecule has 0 radical (unpaired) electrons. The molecule has 1 atom stereocenters. The lowest BCUT2D eigenvalue weighted by molar-refractivity contribution is -0.130. The molecule has 2 aromatic heterocycles. The van der Waals surface area contributed by atoms with E-state index in [1.807, 2.05) is 24.4 Å². The molecule has 3 rings (SSSR count). The molecule has 11 heteroatoms. The van der Waals surface area contributed by atoms with Crippen molar-refractivity contribution >= 4 is 38.8 Å². The standard InChI is InChI=1S/C15H21N5O3S3/c1-2-6-19(12-5-8-26(22,23)11-12)14(21)10-25-15-16-17-18-20(15)9-13-4-3-7-24-13/h3-4,7,12H,2,5-6,8-11H2,1H3. The molecule has 0 aliphatic carbocycles. The quantitative estimate of drug-likeness (QED) is 0.599. The van der Waals surface area contributed by atoms with Crippen molar-refractivity contribution in [3.8, 4) is 0 Å². The maximum Gasteiger partial charge on any atom is 0.233 e. The number of sulfone groups is 1. The third-order valence-corrected chi connectivity index (χ3v) is 7.70. The Balaban J connectivity index is 1.61. The molecule has 0 N–H and O–H groups in total. The molecule has 1 amide bonds. The second-order valence-corrected chi connectivity index (χ2v) is 10.3. The highest BCUT2D eigenvalue weighted by molar-refractivity contribution is 7.99. The third kappa shape index (κ3) is 4.83. The number of nitrogens with zero attached hydrogens (tertiary/aromatic N) is 5. The lowest BCUT2D eigenvalue weighted by Crippen LogP contribution is -2.42. The van der Waals surface area contributed by atoms with Gasteiger partial charge in [-0.2, -0.15) is 0 Å². The van der Waals surface area contributed by atoms with Crippen LogP contribution in [0.15, 0.2) is 22.7 Å². The van der Waals surface area contributed by atoms with Gasteiger partial charge in [-0.25, -0.2) is 13.1 Å². The van der Waals surface area contributed by atoms with Crippen LogP contribution in [0.25, 0.3) is 0 Å². The fraction of sp³-hybridized carbons (Fsp3) is 0.600. The minimum atomic E-state index is -3.02. The van der Waals surface area contributed by atoms with Crippen molar-refractivity contribution in [3.05, 3.63) is 22.4 Å². The first-order valence-corrected chi connectivity index (χ1v) is 12.1. The summed E-state index contributed by atoms with van der Waals surface area (Å²) >= 11 is 2.91. The normalized spacial score (nSPS) is 18.9. The monoisotopic (exact) mass is 415 g/mol. The number of hydrogen-bond donors (Lipinski definition) is 0. The Kier molecular flexibility index (Phi) is 6.30. The van der Waals surface area contributed by atoms with E-state index in [-0.39, 0.29) is 29.2 Å². The van der Waals surface area contributed by atoms with Crippen LogP contribution in [0.3, 0.4) is 0 Å². The summed E-state index contributed by atoms with van der Waals surface area (Å²) in [6.45, 7) is 3.12. The summed E-state index contributed by atoms with van der Waals surface area (Å²) < 4.78 is 25.2. The van der Waals surface area contributed by atoms with Gasteiger partial charge in [0.2, 0.25) is 11.1 Å². The van der Waals surface area contributed by atoms with Crippen LogP contribution in [0.2, 0.25) is 0 Å². The zero-order valence-electron chi connectivity index (χ0n) is 14.4. The van der Waals surface area contributed by atoms with Gasteiger partial charge < -0.3 is 4.90 Å². The highest BCUT2D eigenvalue weighted by Crippen LogP contribution is 2.22. The van der Waals surface area contributed by atoms with Crippen LogP contribution < -0.4 is 0 Å². The first-order chi connectivity index (χ1) is 12.5. The van der Waals surface area contributed by atoms with Crippen LogP contribution in [0.4, 0.5) is 0 Å². The number of carbonyl (C=O) groups excluding carboxylic acids is 1. The summed E-state index contributed by atoms with van der Waals surface area (Å²) in [4.78, 5) is 15.5. The first kappa shape index (κ1) is 19.3.